The minimum Gasteiger partial charge on any atom is -0.395 e. The van der Waals surface area contributed by atoms with Crippen LogP contribution in [0.1, 0.15) is 38.5 Å². The zero-order valence-corrected chi connectivity index (χ0v) is 11.0. The molecular weight excluding hydrogens is 246 g/mol. The van der Waals surface area contributed by atoms with Crippen molar-refractivity contribution in [2.24, 2.45) is 5.92 Å². The predicted octanol–water partition coefficient (Wildman–Crippen LogP) is 3.71. The molecule has 2 fully saturated rings. The van der Waals surface area contributed by atoms with Crippen molar-refractivity contribution in [2.75, 3.05) is 17.2 Å². The van der Waals surface area contributed by atoms with Gasteiger partial charge in [-0.25, -0.2) is 8.78 Å². The molecule has 0 radical (unpaired) electrons. The highest BCUT2D eigenvalue weighted by molar-refractivity contribution is 5.69. The number of hydrogen-bond donors (Lipinski definition) is 1. The molecule has 2 atom stereocenters. The van der Waals surface area contributed by atoms with E-state index >= 15 is 0 Å². The molecular formula is C15H20F2N2. The molecule has 1 saturated heterocycles. The summed E-state index contributed by atoms with van der Waals surface area (Å²) in [5, 5.41) is 0. The van der Waals surface area contributed by atoms with Crippen LogP contribution >= 0.6 is 0 Å². The summed E-state index contributed by atoms with van der Waals surface area (Å²) in [4.78, 5) is 2.15. The monoisotopic (exact) mass is 266 g/mol. The van der Waals surface area contributed by atoms with Crippen LogP contribution < -0.4 is 10.6 Å². The van der Waals surface area contributed by atoms with E-state index in [-0.39, 0.29) is 5.69 Å². The van der Waals surface area contributed by atoms with Crippen LogP contribution in [0.3, 0.4) is 0 Å². The Hall–Kier alpha value is -1.32. The van der Waals surface area contributed by atoms with Gasteiger partial charge in [0.2, 0.25) is 0 Å². The quantitative estimate of drug-likeness (QED) is 0.785. The Labute approximate surface area is 112 Å². The van der Waals surface area contributed by atoms with Crippen molar-refractivity contribution < 1.29 is 8.78 Å². The second-order valence-corrected chi connectivity index (χ2v) is 5.77. The van der Waals surface area contributed by atoms with Gasteiger partial charge in [-0.2, -0.15) is 0 Å². The highest BCUT2D eigenvalue weighted by atomic mass is 19.1. The van der Waals surface area contributed by atoms with Crippen LogP contribution in [0, 0.1) is 17.6 Å². The summed E-state index contributed by atoms with van der Waals surface area (Å²) in [7, 11) is 0. The van der Waals surface area contributed by atoms with E-state index in [4.69, 9.17) is 5.73 Å². The van der Waals surface area contributed by atoms with Crippen molar-refractivity contribution in [3.63, 3.8) is 0 Å². The fraction of sp³-hybridized carbons (Fsp3) is 0.600. The number of benzene rings is 1. The molecule has 1 aromatic carbocycles. The summed E-state index contributed by atoms with van der Waals surface area (Å²) >= 11 is 0. The molecule has 3 rings (SSSR count). The van der Waals surface area contributed by atoms with Crippen molar-refractivity contribution in [1.29, 1.82) is 0 Å². The minimum absolute atomic E-state index is 0.0904. The summed E-state index contributed by atoms with van der Waals surface area (Å²) in [6.45, 7) is 0.855. The first kappa shape index (κ1) is 12.7. The summed E-state index contributed by atoms with van der Waals surface area (Å²) < 4.78 is 27.1. The van der Waals surface area contributed by atoms with Crippen molar-refractivity contribution in [3.8, 4) is 0 Å². The molecule has 1 aromatic rings. The predicted molar refractivity (Wildman–Crippen MR) is 73.1 cm³/mol. The zero-order valence-electron chi connectivity index (χ0n) is 11.0. The van der Waals surface area contributed by atoms with Gasteiger partial charge in [-0.1, -0.05) is 12.8 Å². The van der Waals surface area contributed by atoms with Gasteiger partial charge in [0.05, 0.1) is 11.4 Å². The average molecular weight is 266 g/mol. The number of halogens is 2. The second kappa shape index (κ2) is 4.99. The number of rotatable bonds is 1. The standard InChI is InChI=1S/C15H20F2N2/c16-11-8-12(17)15(18)14(9-11)19-7-3-5-10-4-1-2-6-13(10)19/h8-10,13H,1-7,18H2. The summed E-state index contributed by atoms with van der Waals surface area (Å²) in [6.07, 6.45) is 7.15. The Morgan fingerprint density at radius 1 is 1.05 bits per heavy atom. The van der Waals surface area contributed by atoms with Crippen LogP contribution in [0.15, 0.2) is 12.1 Å². The Morgan fingerprint density at radius 3 is 2.63 bits per heavy atom. The van der Waals surface area contributed by atoms with Crippen LogP contribution in [0.4, 0.5) is 20.2 Å². The number of nitrogens with two attached hydrogens (primary N) is 1. The van der Waals surface area contributed by atoms with E-state index in [0.29, 0.717) is 17.6 Å². The Kier molecular flexibility index (Phi) is 3.33. The average Bonchev–Trinajstić information content (AvgIpc) is 2.42. The molecule has 2 nitrogen and oxygen atoms in total. The number of nitrogen functional groups attached to an aromatic ring is 1. The molecule has 4 heteroatoms. The highest BCUT2D eigenvalue weighted by Gasteiger charge is 2.34. The topological polar surface area (TPSA) is 29.3 Å². The fourth-order valence-corrected chi connectivity index (χ4v) is 3.73. The summed E-state index contributed by atoms with van der Waals surface area (Å²) in [5.74, 6) is -0.527. The van der Waals surface area contributed by atoms with Crippen LogP contribution in [0.25, 0.3) is 0 Å². The lowest BCUT2D eigenvalue weighted by Crippen LogP contribution is -2.47. The molecule has 1 aliphatic carbocycles. The van der Waals surface area contributed by atoms with Gasteiger partial charge in [0.25, 0.3) is 0 Å². The van der Waals surface area contributed by atoms with Crippen LogP contribution in [0.5, 0.6) is 0 Å². The van der Waals surface area contributed by atoms with Crippen LogP contribution in [-0.4, -0.2) is 12.6 Å². The van der Waals surface area contributed by atoms with E-state index in [1.807, 2.05) is 0 Å². The van der Waals surface area contributed by atoms with Gasteiger partial charge in [-0.05, 0) is 37.7 Å². The van der Waals surface area contributed by atoms with E-state index in [2.05, 4.69) is 4.90 Å². The third kappa shape index (κ3) is 2.28. The molecule has 2 N–H and O–H groups in total. The zero-order chi connectivity index (χ0) is 13.4. The lowest BCUT2D eigenvalue weighted by Gasteiger charge is -2.45. The molecule has 0 spiro atoms. The minimum atomic E-state index is -0.645. The number of nitrogens with zero attached hydrogens (tertiary/aromatic N) is 1. The van der Waals surface area contributed by atoms with E-state index in [1.165, 1.54) is 31.7 Å². The first-order chi connectivity index (χ1) is 9.16. The fourth-order valence-electron chi connectivity index (χ4n) is 3.73. The molecule has 2 aliphatic rings. The van der Waals surface area contributed by atoms with Crippen LogP contribution in [-0.2, 0) is 0 Å². The third-order valence-electron chi connectivity index (χ3n) is 4.63. The van der Waals surface area contributed by atoms with Crippen molar-refractivity contribution in [3.05, 3.63) is 23.8 Å². The van der Waals surface area contributed by atoms with Crippen LogP contribution in [0.2, 0.25) is 0 Å². The smallest absolute Gasteiger partial charge is 0.151 e. The number of anilines is 2. The van der Waals surface area contributed by atoms with E-state index in [0.717, 1.165) is 25.5 Å². The number of fused-ring (bicyclic) bond motifs is 1. The Balaban J connectivity index is 1.96. The van der Waals surface area contributed by atoms with Gasteiger partial charge in [0.1, 0.15) is 5.82 Å². The SMILES string of the molecule is Nc1c(F)cc(F)cc1N1CCCC2CCCCC21. The van der Waals surface area contributed by atoms with Gasteiger partial charge < -0.3 is 10.6 Å². The summed E-state index contributed by atoms with van der Waals surface area (Å²) in [6, 6.07) is 2.65. The molecule has 1 saturated carbocycles. The van der Waals surface area contributed by atoms with E-state index in [1.54, 1.807) is 0 Å². The Morgan fingerprint density at radius 2 is 1.79 bits per heavy atom. The van der Waals surface area contributed by atoms with Gasteiger partial charge in [-0.15, -0.1) is 0 Å². The maximum absolute atomic E-state index is 13.6. The molecule has 1 aliphatic heterocycles. The van der Waals surface area contributed by atoms with Gasteiger partial charge in [0.15, 0.2) is 5.82 Å². The van der Waals surface area contributed by atoms with Crippen molar-refractivity contribution >= 4 is 11.4 Å². The van der Waals surface area contributed by atoms with Crippen molar-refractivity contribution in [1.82, 2.24) is 0 Å². The molecule has 19 heavy (non-hydrogen) atoms. The second-order valence-electron chi connectivity index (χ2n) is 5.77. The molecule has 0 amide bonds. The molecule has 104 valence electrons. The van der Waals surface area contributed by atoms with Gasteiger partial charge in [0, 0.05) is 18.7 Å². The normalized spacial score (nSPS) is 27.2. The molecule has 1 heterocycles. The molecule has 2 unspecified atom stereocenters. The highest BCUT2D eigenvalue weighted by Crippen LogP contribution is 2.40. The maximum Gasteiger partial charge on any atom is 0.151 e. The third-order valence-corrected chi connectivity index (χ3v) is 4.63. The number of piperidine rings is 1. The maximum atomic E-state index is 13.6. The number of hydrogen-bond acceptors (Lipinski definition) is 2. The van der Waals surface area contributed by atoms with E-state index < -0.39 is 11.6 Å². The van der Waals surface area contributed by atoms with Crippen molar-refractivity contribution in [2.45, 2.75) is 44.6 Å². The first-order valence-electron chi connectivity index (χ1n) is 7.18. The first-order valence-corrected chi connectivity index (χ1v) is 7.18. The molecule has 0 aromatic heterocycles. The van der Waals surface area contributed by atoms with E-state index in [9.17, 15) is 8.78 Å². The lowest BCUT2D eigenvalue weighted by atomic mass is 9.78. The Bertz CT molecular complexity index is 473. The summed E-state index contributed by atoms with van der Waals surface area (Å²) in [5.41, 5.74) is 6.46. The van der Waals surface area contributed by atoms with Gasteiger partial charge >= 0.3 is 0 Å². The largest absolute Gasteiger partial charge is 0.395 e. The van der Waals surface area contributed by atoms with Gasteiger partial charge in [-0.3, -0.25) is 0 Å². The molecule has 0 bridgehead atoms. The lowest BCUT2D eigenvalue weighted by molar-refractivity contribution is 0.244.